The van der Waals surface area contributed by atoms with Gasteiger partial charge >= 0.3 is 0 Å². The van der Waals surface area contributed by atoms with Gasteiger partial charge in [-0.3, -0.25) is 0 Å². The first kappa shape index (κ1) is 11.9. The van der Waals surface area contributed by atoms with E-state index in [-0.39, 0.29) is 0 Å². The predicted octanol–water partition coefficient (Wildman–Crippen LogP) is 3.48. The average Bonchev–Trinajstić information content (AvgIpc) is 2.17. The summed E-state index contributed by atoms with van der Waals surface area (Å²) in [5.41, 5.74) is 3.28. The minimum absolute atomic E-state index is 0.430. The van der Waals surface area contributed by atoms with Crippen molar-refractivity contribution < 1.29 is 5.11 Å². The van der Waals surface area contributed by atoms with Crippen LogP contribution in [-0.2, 0) is 6.42 Å². The fourth-order valence-corrected chi connectivity index (χ4v) is 1.78. The SMILES string of the molecule is CCCCc1c(C)cc(NCC)cc1O. The number of phenolic OH excluding ortho intramolecular Hbond substituents is 1. The summed E-state index contributed by atoms with van der Waals surface area (Å²) >= 11 is 0. The van der Waals surface area contributed by atoms with Crippen LogP contribution >= 0.6 is 0 Å². The number of anilines is 1. The van der Waals surface area contributed by atoms with Crippen LogP contribution in [0.4, 0.5) is 5.69 Å². The summed E-state index contributed by atoms with van der Waals surface area (Å²) in [5, 5.41) is 13.1. The van der Waals surface area contributed by atoms with Crippen molar-refractivity contribution in [1.29, 1.82) is 0 Å². The van der Waals surface area contributed by atoms with Crippen LogP contribution in [0.15, 0.2) is 12.1 Å². The third-order valence-corrected chi connectivity index (χ3v) is 2.61. The number of aromatic hydroxyl groups is 1. The van der Waals surface area contributed by atoms with Crippen LogP contribution in [-0.4, -0.2) is 11.7 Å². The molecule has 0 spiro atoms. The Morgan fingerprint density at radius 3 is 2.53 bits per heavy atom. The van der Waals surface area contributed by atoms with Crippen molar-refractivity contribution in [2.45, 2.75) is 40.0 Å². The Bertz CT molecular complexity index is 297. The molecule has 0 aromatic heterocycles. The topological polar surface area (TPSA) is 32.3 Å². The van der Waals surface area contributed by atoms with E-state index < -0.39 is 0 Å². The molecule has 0 aliphatic heterocycles. The first-order chi connectivity index (χ1) is 7.19. The summed E-state index contributed by atoms with van der Waals surface area (Å²) in [7, 11) is 0. The van der Waals surface area contributed by atoms with E-state index >= 15 is 0 Å². The largest absolute Gasteiger partial charge is 0.508 e. The summed E-state index contributed by atoms with van der Waals surface area (Å²) in [6.45, 7) is 7.16. The molecule has 0 amide bonds. The minimum Gasteiger partial charge on any atom is -0.508 e. The van der Waals surface area contributed by atoms with E-state index in [0.29, 0.717) is 5.75 Å². The van der Waals surface area contributed by atoms with Gasteiger partial charge in [-0.05, 0) is 43.9 Å². The Morgan fingerprint density at radius 1 is 1.27 bits per heavy atom. The Kier molecular flexibility index (Phi) is 4.47. The summed E-state index contributed by atoms with van der Waals surface area (Å²) in [6, 6.07) is 3.93. The van der Waals surface area contributed by atoms with Crippen LogP contribution in [0.1, 0.15) is 37.8 Å². The van der Waals surface area contributed by atoms with Gasteiger partial charge < -0.3 is 10.4 Å². The first-order valence-electron chi connectivity index (χ1n) is 5.75. The van der Waals surface area contributed by atoms with Crippen LogP contribution in [0.3, 0.4) is 0 Å². The lowest BCUT2D eigenvalue weighted by Crippen LogP contribution is -1.99. The average molecular weight is 207 g/mol. The van der Waals surface area contributed by atoms with Crippen molar-refractivity contribution >= 4 is 5.69 Å². The standard InChI is InChI=1S/C13H21NO/c1-4-6-7-12-10(3)8-11(14-5-2)9-13(12)15/h8-9,14-15H,4-7H2,1-3H3. The molecule has 0 aliphatic rings. The molecule has 1 rings (SSSR count). The highest BCUT2D eigenvalue weighted by molar-refractivity contribution is 5.55. The lowest BCUT2D eigenvalue weighted by molar-refractivity contribution is 0.466. The van der Waals surface area contributed by atoms with E-state index in [1.54, 1.807) is 0 Å². The zero-order valence-electron chi connectivity index (χ0n) is 9.93. The Labute approximate surface area is 92.3 Å². The number of hydrogen-bond acceptors (Lipinski definition) is 2. The molecule has 15 heavy (non-hydrogen) atoms. The second-order valence-corrected chi connectivity index (χ2v) is 3.92. The van der Waals surface area contributed by atoms with E-state index in [2.05, 4.69) is 32.2 Å². The maximum Gasteiger partial charge on any atom is 0.121 e. The highest BCUT2D eigenvalue weighted by Crippen LogP contribution is 2.27. The first-order valence-corrected chi connectivity index (χ1v) is 5.75. The van der Waals surface area contributed by atoms with Crippen molar-refractivity contribution in [3.05, 3.63) is 23.3 Å². The Hall–Kier alpha value is -1.18. The number of hydrogen-bond donors (Lipinski definition) is 2. The smallest absolute Gasteiger partial charge is 0.121 e. The van der Waals surface area contributed by atoms with E-state index in [9.17, 15) is 5.11 Å². The fourth-order valence-electron chi connectivity index (χ4n) is 1.78. The van der Waals surface area contributed by atoms with E-state index in [1.165, 1.54) is 5.56 Å². The molecular formula is C13H21NO. The molecule has 0 aliphatic carbocycles. The van der Waals surface area contributed by atoms with Crippen molar-refractivity contribution in [1.82, 2.24) is 0 Å². The number of rotatable bonds is 5. The molecule has 0 radical (unpaired) electrons. The molecule has 2 heteroatoms. The van der Waals surface area contributed by atoms with Gasteiger partial charge in [-0.25, -0.2) is 0 Å². The third-order valence-electron chi connectivity index (χ3n) is 2.61. The molecule has 2 nitrogen and oxygen atoms in total. The Balaban J connectivity index is 2.88. The highest BCUT2D eigenvalue weighted by Gasteiger charge is 2.06. The molecule has 0 unspecified atom stereocenters. The van der Waals surface area contributed by atoms with Crippen LogP contribution in [0.25, 0.3) is 0 Å². The molecule has 1 aromatic rings. The van der Waals surface area contributed by atoms with Crippen LogP contribution in [0, 0.1) is 6.92 Å². The summed E-state index contributed by atoms with van der Waals surface area (Å²) in [4.78, 5) is 0. The number of phenols is 1. The molecule has 0 bridgehead atoms. The molecule has 0 heterocycles. The van der Waals surface area contributed by atoms with Gasteiger partial charge in [0.2, 0.25) is 0 Å². The van der Waals surface area contributed by atoms with Crippen molar-refractivity contribution in [3.63, 3.8) is 0 Å². The molecule has 2 N–H and O–H groups in total. The maximum absolute atomic E-state index is 9.89. The van der Waals surface area contributed by atoms with Crippen molar-refractivity contribution in [3.8, 4) is 5.75 Å². The summed E-state index contributed by atoms with van der Waals surface area (Å²) < 4.78 is 0. The van der Waals surface area contributed by atoms with Gasteiger partial charge in [-0.2, -0.15) is 0 Å². The quantitative estimate of drug-likeness (QED) is 0.774. The van der Waals surface area contributed by atoms with Gasteiger partial charge in [-0.1, -0.05) is 13.3 Å². The molecule has 0 atom stereocenters. The lowest BCUT2D eigenvalue weighted by Gasteiger charge is -2.11. The molecule has 0 fully saturated rings. The number of nitrogens with one attached hydrogen (secondary N) is 1. The minimum atomic E-state index is 0.430. The molecular weight excluding hydrogens is 186 g/mol. The van der Waals surface area contributed by atoms with E-state index in [0.717, 1.165) is 37.1 Å². The molecule has 0 saturated heterocycles. The maximum atomic E-state index is 9.89. The third kappa shape index (κ3) is 3.15. The van der Waals surface area contributed by atoms with Gasteiger partial charge in [0, 0.05) is 18.3 Å². The second kappa shape index (κ2) is 5.64. The molecule has 84 valence electrons. The van der Waals surface area contributed by atoms with Crippen LogP contribution < -0.4 is 5.32 Å². The van der Waals surface area contributed by atoms with E-state index in [1.807, 2.05) is 6.07 Å². The lowest BCUT2D eigenvalue weighted by atomic mass is 10.0. The number of aryl methyl sites for hydroxylation is 1. The molecule has 1 aromatic carbocycles. The predicted molar refractivity (Wildman–Crippen MR) is 65.6 cm³/mol. The fraction of sp³-hybridized carbons (Fsp3) is 0.538. The zero-order chi connectivity index (χ0) is 11.3. The zero-order valence-corrected chi connectivity index (χ0v) is 9.93. The second-order valence-electron chi connectivity index (χ2n) is 3.92. The number of unbranched alkanes of at least 4 members (excludes halogenated alkanes) is 1. The number of benzene rings is 1. The summed E-state index contributed by atoms with van der Waals surface area (Å²) in [6.07, 6.45) is 3.27. The molecule has 0 saturated carbocycles. The van der Waals surface area contributed by atoms with E-state index in [4.69, 9.17) is 0 Å². The van der Waals surface area contributed by atoms with Crippen LogP contribution in [0.5, 0.6) is 5.75 Å². The van der Waals surface area contributed by atoms with Crippen molar-refractivity contribution in [2.24, 2.45) is 0 Å². The highest BCUT2D eigenvalue weighted by atomic mass is 16.3. The van der Waals surface area contributed by atoms with Crippen LogP contribution in [0.2, 0.25) is 0 Å². The normalized spacial score (nSPS) is 10.3. The van der Waals surface area contributed by atoms with Gasteiger partial charge in [0.15, 0.2) is 0 Å². The summed E-state index contributed by atoms with van der Waals surface area (Å²) in [5.74, 6) is 0.430. The van der Waals surface area contributed by atoms with Gasteiger partial charge in [0.05, 0.1) is 0 Å². The Morgan fingerprint density at radius 2 is 2.00 bits per heavy atom. The van der Waals surface area contributed by atoms with Gasteiger partial charge in [0.1, 0.15) is 5.75 Å². The van der Waals surface area contributed by atoms with Gasteiger partial charge in [-0.15, -0.1) is 0 Å². The monoisotopic (exact) mass is 207 g/mol. The van der Waals surface area contributed by atoms with Crippen molar-refractivity contribution in [2.75, 3.05) is 11.9 Å². The van der Waals surface area contributed by atoms with Gasteiger partial charge in [0.25, 0.3) is 0 Å².